The summed E-state index contributed by atoms with van der Waals surface area (Å²) in [5.74, 6) is 0. The molecule has 2 N–H and O–H groups in total. The zero-order valence-corrected chi connectivity index (χ0v) is 9.60. The Balaban J connectivity index is 0. The largest absolute Gasteiger partial charge is 0.358 e. The van der Waals surface area contributed by atoms with Crippen LogP contribution in [0.5, 0.6) is 0 Å². The summed E-state index contributed by atoms with van der Waals surface area (Å²) in [7, 11) is 4.20. The second-order valence-corrected chi connectivity index (χ2v) is 4.03. The Morgan fingerprint density at radius 1 is 1.40 bits per heavy atom. The summed E-state index contributed by atoms with van der Waals surface area (Å²) in [5.41, 5.74) is 4.57. The van der Waals surface area contributed by atoms with Gasteiger partial charge in [-0.15, -0.1) is 0 Å². The van der Waals surface area contributed by atoms with Gasteiger partial charge in [0, 0.05) is 14.2 Å². The lowest BCUT2D eigenvalue weighted by Gasteiger charge is -2.20. The van der Waals surface area contributed by atoms with Crippen molar-refractivity contribution in [3.05, 3.63) is 0 Å². The van der Waals surface area contributed by atoms with Gasteiger partial charge < -0.3 is 15.2 Å². The van der Waals surface area contributed by atoms with Crippen molar-refractivity contribution in [2.75, 3.05) is 20.8 Å². The lowest BCUT2D eigenvalue weighted by molar-refractivity contribution is -0.127. The van der Waals surface area contributed by atoms with Crippen molar-refractivity contribution >= 4 is 10.2 Å². The van der Waals surface area contributed by atoms with E-state index in [1.807, 2.05) is 13.8 Å². The standard InChI is InChI=1S/C4H12O2Si.C2H7N/c1-4(7,5-2)6-3;1-2-3/h1-3,7H3;2-3H2,1H3. The fourth-order valence-electron chi connectivity index (χ4n) is 0.0833. The minimum atomic E-state index is -0.278. The molecule has 0 aromatic rings. The van der Waals surface area contributed by atoms with Gasteiger partial charge in [-0.05, 0) is 13.5 Å². The van der Waals surface area contributed by atoms with Crippen LogP contribution in [0.4, 0.5) is 0 Å². The highest BCUT2D eigenvalue weighted by atomic mass is 28.1. The van der Waals surface area contributed by atoms with E-state index < -0.39 is 0 Å². The summed E-state index contributed by atoms with van der Waals surface area (Å²) >= 11 is 0. The van der Waals surface area contributed by atoms with E-state index in [0.29, 0.717) is 0 Å². The van der Waals surface area contributed by atoms with Crippen molar-refractivity contribution < 1.29 is 9.47 Å². The number of ether oxygens (including phenoxy) is 2. The van der Waals surface area contributed by atoms with Crippen molar-refractivity contribution in [2.24, 2.45) is 5.73 Å². The van der Waals surface area contributed by atoms with Crippen LogP contribution in [-0.4, -0.2) is 36.4 Å². The molecule has 64 valence electrons. The maximum Gasteiger partial charge on any atom is 0.138 e. The highest BCUT2D eigenvalue weighted by Crippen LogP contribution is 2.00. The third kappa shape index (κ3) is 11.0. The number of rotatable bonds is 2. The molecule has 0 aromatic carbocycles. The molecule has 0 atom stereocenters. The first-order valence-corrected chi connectivity index (χ1v) is 4.34. The number of methoxy groups -OCH3 is 2. The molecule has 0 bridgehead atoms. The third-order valence-electron chi connectivity index (χ3n) is 0.983. The van der Waals surface area contributed by atoms with Crippen LogP contribution in [0.1, 0.15) is 13.8 Å². The molecule has 3 nitrogen and oxygen atoms in total. The van der Waals surface area contributed by atoms with Crippen LogP contribution in [0.2, 0.25) is 0 Å². The van der Waals surface area contributed by atoms with Crippen LogP contribution in [0.3, 0.4) is 0 Å². The first kappa shape index (κ1) is 12.7. The summed E-state index contributed by atoms with van der Waals surface area (Å²) in [5, 5.41) is 0. The van der Waals surface area contributed by atoms with E-state index in [2.05, 4.69) is 0 Å². The molecule has 0 fully saturated rings. The quantitative estimate of drug-likeness (QED) is 0.434. The van der Waals surface area contributed by atoms with Gasteiger partial charge in [0.05, 0.1) is 10.2 Å². The Bertz CT molecular complexity index is 62.8. The van der Waals surface area contributed by atoms with Gasteiger partial charge in [-0.3, -0.25) is 0 Å². The second kappa shape index (κ2) is 7.21. The Kier molecular flexibility index (Phi) is 9.19. The van der Waals surface area contributed by atoms with Crippen molar-refractivity contribution in [2.45, 2.75) is 19.3 Å². The average molecular weight is 165 g/mol. The first-order chi connectivity index (χ1) is 4.54. The maximum absolute atomic E-state index is 4.93. The molecule has 0 saturated carbocycles. The van der Waals surface area contributed by atoms with Crippen molar-refractivity contribution in [1.29, 1.82) is 0 Å². The smallest absolute Gasteiger partial charge is 0.138 e. The molecule has 0 unspecified atom stereocenters. The van der Waals surface area contributed by atoms with E-state index in [1.165, 1.54) is 0 Å². The molecule has 0 heterocycles. The lowest BCUT2D eigenvalue weighted by atomic mass is 10.7. The maximum atomic E-state index is 4.93. The van der Waals surface area contributed by atoms with Gasteiger partial charge in [0.1, 0.15) is 5.41 Å². The Labute approximate surface area is 66.3 Å². The van der Waals surface area contributed by atoms with Crippen molar-refractivity contribution in [3.63, 3.8) is 0 Å². The van der Waals surface area contributed by atoms with E-state index in [4.69, 9.17) is 15.2 Å². The van der Waals surface area contributed by atoms with Gasteiger partial charge in [-0.2, -0.15) is 0 Å². The first-order valence-electron chi connectivity index (χ1n) is 3.34. The summed E-state index contributed by atoms with van der Waals surface area (Å²) < 4.78 is 9.85. The molecule has 0 aliphatic carbocycles. The highest BCUT2D eigenvalue weighted by molar-refractivity contribution is 6.13. The fourth-order valence-corrected chi connectivity index (χ4v) is 0.0833. The molecule has 4 heteroatoms. The monoisotopic (exact) mass is 165 g/mol. The van der Waals surface area contributed by atoms with Gasteiger partial charge >= 0.3 is 0 Å². The Morgan fingerprint density at radius 2 is 1.60 bits per heavy atom. The summed E-state index contributed by atoms with van der Waals surface area (Å²) in [6, 6.07) is 0. The number of hydrogen-bond donors (Lipinski definition) is 1. The predicted octanol–water partition coefficient (Wildman–Crippen LogP) is -0.717. The predicted molar refractivity (Wildman–Crippen MR) is 47.1 cm³/mol. The highest BCUT2D eigenvalue weighted by Gasteiger charge is 2.11. The molecule has 0 saturated heterocycles. The van der Waals surface area contributed by atoms with Crippen LogP contribution >= 0.6 is 0 Å². The number of hydrogen-bond acceptors (Lipinski definition) is 3. The van der Waals surface area contributed by atoms with Crippen LogP contribution < -0.4 is 5.73 Å². The molecule has 0 spiro atoms. The van der Waals surface area contributed by atoms with Crippen LogP contribution in [0, 0.1) is 0 Å². The zero-order valence-electron chi connectivity index (χ0n) is 7.60. The summed E-state index contributed by atoms with van der Waals surface area (Å²) in [4.78, 5) is 0. The SMILES string of the molecule is CCN.COC(C)([SiH3])OC. The average Bonchev–Trinajstić information content (AvgIpc) is 1.90. The van der Waals surface area contributed by atoms with Gasteiger partial charge in [0.15, 0.2) is 0 Å². The molecular weight excluding hydrogens is 146 g/mol. The molecule has 0 aromatic heterocycles. The molecule has 0 radical (unpaired) electrons. The fraction of sp³-hybridized carbons (Fsp3) is 1.00. The lowest BCUT2D eigenvalue weighted by Crippen LogP contribution is -2.29. The van der Waals surface area contributed by atoms with Crippen LogP contribution in [0.15, 0.2) is 0 Å². The van der Waals surface area contributed by atoms with E-state index >= 15 is 0 Å². The van der Waals surface area contributed by atoms with E-state index in [1.54, 1.807) is 14.2 Å². The topological polar surface area (TPSA) is 44.5 Å². The Hall–Kier alpha value is 0.0969. The van der Waals surface area contributed by atoms with Crippen molar-refractivity contribution in [3.8, 4) is 0 Å². The molecule has 0 aliphatic rings. The minimum absolute atomic E-state index is 0.278. The van der Waals surface area contributed by atoms with Gasteiger partial charge in [0.2, 0.25) is 0 Å². The molecule has 0 aliphatic heterocycles. The van der Waals surface area contributed by atoms with Gasteiger partial charge in [0.25, 0.3) is 0 Å². The molecule has 10 heavy (non-hydrogen) atoms. The van der Waals surface area contributed by atoms with E-state index in [9.17, 15) is 0 Å². The van der Waals surface area contributed by atoms with Crippen LogP contribution in [-0.2, 0) is 9.47 Å². The van der Waals surface area contributed by atoms with Gasteiger partial charge in [-0.25, -0.2) is 0 Å². The van der Waals surface area contributed by atoms with Gasteiger partial charge in [-0.1, -0.05) is 6.92 Å². The molecule has 0 rings (SSSR count). The number of nitrogens with two attached hydrogens (primary N) is 1. The summed E-state index contributed by atoms with van der Waals surface area (Å²) in [6.45, 7) is 4.57. The third-order valence-corrected chi connectivity index (χ3v) is 1.80. The molecule has 0 amide bonds. The molecular formula is C6H19NO2Si. The normalized spacial score (nSPS) is 10.5. The zero-order chi connectivity index (χ0) is 8.62. The van der Waals surface area contributed by atoms with E-state index in [0.717, 1.165) is 16.8 Å². The Morgan fingerprint density at radius 3 is 1.60 bits per heavy atom. The summed E-state index contributed by atoms with van der Waals surface area (Å²) in [6.07, 6.45) is 0. The second-order valence-electron chi connectivity index (χ2n) is 2.22. The minimum Gasteiger partial charge on any atom is -0.358 e. The van der Waals surface area contributed by atoms with E-state index in [-0.39, 0.29) is 5.41 Å². The van der Waals surface area contributed by atoms with Crippen LogP contribution in [0.25, 0.3) is 0 Å². The van der Waals surface area contributed by atoms with Crippen molar-refractivity contribution in [1.82, 2.24) is 0 Å².